The molecule has 74 valence electrons. The van der Waals surface area contributed by atoms with Crippen molar-refractivity contribution in [1.82, 2.24) is 8.75 Å². The van der Waals surface area contributed by atoms with E-state index in [1.54, 1.807) is 44.7 Å². The smallest absolute Gasteiger partial charge is 0.0919 e. The van der Waals surface area contributed by atoms with Crippen molar-refractivity contribution in [2.75, 3.05) is 0 Å². The molecule has 2 nitrogen and oxygen atoms in total. The van der Waals surface area contributed by atoms with Crippen LogP contribution in [0.3, 0.4) is 0 Å². The minimum Gasteiger partial charge on any atom is -0.197 e. The Labute approximate surface area is 98.9 Å². The second kappa shape index (κ2) is 4.65. The number of nitrogens with zero attached hydrogens (tertiary/aromatic N) is 2. The summed E-state index contributed by atoms with van der Waals surface area (Å²) in [6.45, 7) is 4.03. The van der Waals surface area contributed by atoms with Gasteiger partial charge in [0.25, 0.3) is 0 Å². The van der Waals surface area contributed by atoms with Crippen LogP contribution in [-0.2, 0) is 0 Å². The van der Waals surface area contributed by atoms with E-state index in [4.69, 9.17) is 0 Å². The molecule has 0 fully saturated rings. The van der Waals surface area contributed by atoms with E-state index in [1.807, 2.05) is 13.8 Å². The van der Waals surface area contributed by atoms with Gasteiger partial charge in [-0.05, 0) is 70.6 Å². The van der Waals surface area contributed by atoms with Gasteiger partial charge >= 0.3 is 0 Å². The van der Waals surface area contributed by atoms with Crippen LogP contribution in [0.15, 0.2) is 20.6 Å². The predicted molar refractivity (Wildman–Crippen MR) is 65.4 cm³/mol. The molecule has 0 N–H and O–H groups in total. The summed E-state index contributed by atoms with van der Waals surface area (Å²) in [6, 6.07) is 4.21. The van der Waals surface area contributed by atoms with Gasteiger partial charge < -0.3 is 0 Å². The first-order chi connectivity index (χ1) is 6.74. The lowest BCUT2D eigenvalue weighted by atomic mass is 10.5. The lowest BCUT2D eigenvalue weighted by molar-refractivity contribution is 1.34. The van der Waals surface area contributed by atoms with Crippen molar-refractivity contribution in [1.29, 1.82) is 0 Å². The van der Waals surface area contributed by atoms with Crippen LogP contribution in [0.4, 0.5) is 0 Å². The second-order valence-electron chi connectivity index (χ2n) is 2.74. The summed E-state index contributed by atoms with van der Waals surface area (Å²) < 4.78 is 11.0. The Bertz CT molecular complexity index is 380. The van der Waals surface area contributed by atoms with Crippen molar-refractivity contribution >= 4 is 44.7 Å². The number of aromatic nitrogens is 2. The summed E-state index contributed by atoms with van der Waals surface area (Å²) in [4.78, 5) is 0. The van der Waals surface area contributed by atoms with E-state index in [-0.39, 0.29) is 0 Å². The molecule has 0 unspecified atom stereocenters. The monoisotopic (exact) mass is 260 g/mol. The molecule has 2 rings (SSSR count). The van der Waals surface area contributed by atoms with Crippen LogP contribution < -0.4 is 0 Å². The molecule has 0 aliphatic rings. The fourth-order valence-corrected chi connectivity index (χ4v) is 4.87. The number of aryl methyl sites for hydroxylation is 2. The SMILES string of the molecule is Cc1cc(SSc2cc(C)ns2)sn1. The molecule has 2 aromatic heterocycles. The molecule has 0 saturated carbocycles. The van der Waals surface area contributed by atoms with Crippen molar-refractivity contribution in [3.63, 3.8) is 0 Å². The van der Waals surface area contributed by atoms with Crippen molar-refractivity contribution in [3.05, 3.63) is 23.5 Å². The largest absolute Gasteiger partial charge is 0.197 e. The maximum Gasteiger partial charge on any atom is 0.0919 e. The third-order valence-corrected chi connectivity index (χ3v) is 6.33. The van der Waals surface area contributed by atoms with Gasteiger partial charge in [0.05, 0.1) is 19.8 Å². The van der Waals surface area contributed by atoms with Gasteiger partial charge in [0.2, 0.25) is 0 Å². The molecule has 0 saturated heterocycles. The van der Waals surface area contributed by atoms with Crippen LogP contribution in [0.2, 0.25) is 0 Å². The molecule has 6 heteroatoms. The molecular weight excluding hydrogens is 252 g/mol. The summed E-state index contributed by atoms with van der Waals surface area (Å²) in [5.74, 6) is 0. The Morgan fingerprint density at radius 1 is 0.929 bits per heavy atom. The van der Waals surface area contributed by atoms with Gasteiger partial charge in [0, 0.05) is 0 Å². The van der Waals surface area contributed by atoms with E-state index >= 15 is 0 Å². The summed E-state index contributed by atoms with van der Waals surface area (Å²) in [5.41, 5.74) is 2.19. The van der Waals surface area contributed by atoms with E-state index < -0.39 is 0 Å². The Hall–Kier alpha value is -0.0400. The molecule has 0 spiro atoms. The summed E-state index contributed by atoms with van der Waals surface area (Å²) in [6.07, 6.45) is 0. The van der Waals surface area contributed by atoms with Crippen LogP contribution >= 0.6 is 44.7 Å². The van der Waals surface area contributed by atoms with Gasteiger partial charge in [-0.25, -0.2) is 0 Å². The lowest BCUT2D eigenvalue weighted by Crippen LogP contribution is -1.60. The molecule has 0 amide bonds. The lowest BCUT2D eigenvalue weighted by Gasteiger charge is -1.90. The summed E-state index contributed by atoms with van der Waals surface area (Å²) >= 11 is 3.10. The topological polar surface area (TPSA) is 25.8 Å². The maximum atomic E-state index is 4.23. The van der Waals surface area contributed by atoms with E-state index in [9.17, 15) is 0 Å². The van der Waals surface area contributed by atoms with Crippen LogP contribution in [0.25, 0.3) is 0 Å². The first-order valence-electron chi connectivity index (χ1n) is 3.95. The van der Waals surface area contributed by atoms with E-state index in [0.717, 1.165) is 11.4 Å². The third-order valence-electron chi connectivity index (χ3n) is 1.42. The highest BCUT2D eigenvalue weighted by molar-refractivity contribution is 8.77. The van der Waals surface area contributed by atoms with Gasteiger partial charge in [-0.1, -0.05) is 0 Å². The highest BCUT2D eigenvalue weighted by Crippen LogP contribution is 2.41. The van der Waals surface area contributed by atoms with Gasteiger partial charge in [-0.3, -0.25) is 0 Å². The van der Waals surface area contributed by atoms with Gasteiger partial charge in [0.1, 0.15) is 0 Å². The first-order valence-corrected chi connectivity index (χ1v) is 7.65. The van der Waals surface area contributed by atoms with E-state index in [2.05, 4.69) is 20.9 Å². The molecule has 0 atom stereocenters. The van der Waals surface area contributed by atoms with Crippen molar-refractivity contribution < 1.29 is 0 Å². The highest BCUT2D eigenvalue weighted by Gasteiger charge is 2.03. The fourth-order valence-electron chi connectivity index (χ4n) is 0.841. The third kappa shape index (κ3) is 2.73. The van der Waals surface area contributed by atoms with Crippen LogP contribution in [0.5, 0.6) is 0 Å². The van der Waals surface area contributed by atoms with Crippen LogP contribution in [-0.4, -0.2) is 8.75 Å². The molecule has 0 bridgehead atoms. The Morgan fingerprint density at radius 3 is 1.64 bits per heavy atom. The summed E-state index contributed by atoms with van der Waals surface area (Å²) in [7, 11) is 3.50. The Kier molecular flexibility index (Phi) is 3.48. The molecule has 0 aromatic carbocycles. The van der Waals surface area contributed by atoms with Gasteiger partial charge in [0.15, 0.2) is 0 Å². The minimum absolute atomic E-state index is 1.10. The molecule has 14 heavy (non-hydrogen) atoms. The standard InChI is InChI=1S/C8H8N2S4/c1-5-3-7(11-9-5)13-14-8-4-6(2)10-12-8/h3-4H,1-2H3. The summed E-state index contributed by atoms with van der Waals surface area (Å²) in [5, 5.41) is 0. The fraction of sp³-hybridized carbons (Fsp3) is 0.250. The van der Waals surface area contributed by atoms with Crippen LogP contribution in [0, 0.1) is 13.8 Å². The Morgan fingerprint density at radius 2 is 1.36 bits per heavy atom. The van der Waals surface area contributed by atoms with Gasteiger partial charge in [-0.2, -0.15) is 8.75 Å². The van der Waals surface area contributed by atoms with Crippen molar-refractivity contribution in [2.24, 2.45) is 0 Å². The number of rotatable bonds is 3. The van der Waals surface area contributed by atoms with Crippen molar-refractivity contribution in [2.45, 2.75) is 22.3 Å². The highest BCUT2D eigenvalue weighted by atomic mass is 33.1. The molecule has 0 aliphatic carbocycles. The molecular formula is C8H8N2S4. The van der Waals surface area contributed by atoms with Gasteiger partial charge in [-0.15, -0.1) is 0 Å². The molecule has 0 radical (unpaired) electrons. The quantitative estimate of drug-likeness (QED) is 0.779. The minimum atomic E-state index is 1.10. The average Bonchev–Trinajstić information content (AvgIpc) is 2.72. The molecule has 2 heterocycles. The number of hydrogen-bond donors (Lipinski definition) is 0. The van der Waals surface area contributed by atoms with E-state index in [1.165, 1.54) is 8.42 Å². The maximum absolute atomic E-state index is 4.23. The number of hydrogen-bond acceptors (Lipinski definition) is 6. The molecule has 2 aromatic rings. The van der Waals surface area contributed by atoms with Crippen LogP contribution in [0.1, 0.15) is 11.4 Å². The Balaban J connectivity index is 1.94. The second-order valence-corrected chi connectivity index (χ2v) is 7.08. The normalized spacial score (nSPS) is 10.7. The predicted octanol–water partition coefficient (Wildman–Crippen LogP) is 4.02. The molecule has 0 aliphatic heterocycles. The average molecular weight is 260 g/mol. The zero-order chi connectivity index (χ0) is 9.97. The van der Waals surface area contributed by atoms with E-state index in [0.29, 0.717) is 0 Å². The zero-order valence-corrected chi connectivity index (χ0v) is 10.9. The zero-order valence-electron chi connectivity index (χ0n) is 7.68. The van der Waals surface area contributed by atoms with Crippen molar-refractivity contribution in [3.8, 4) is 0 Å². The first kappa shape index (κ1) is 10.5.